The fourth-order valence-electron chi connectivity index (χ4n) is 3.94. The van der Waals surface area contributed by atoms with Crippen molar-refractivity contribution in [1.29, 1.82) is 0 Å². The molecule has 0 unspecified atom stereocenters. The van der Waals surface area contributed by atoms with Crippen LogP contribution in [0.4, 0.5) is 0 Å². The van der Waals surface area contributed by atoms with E-state index < -0.39 is 12.6 Å². The summed E-state index contributed by atoms with van der Waals surface area (Å²) in [6, 6.07) is 8.62. The number of hydrogen-bond donors (Lipinski definition) is 0. The molecule has 0 radical (unpaired) electrons. The van der Waals surface area contributed by atoms with Crippen molar-refractivity contribution < 1.29 is 19.1 Å². The second-order valence-electron chi connectivity index (χ2n) is 8.06. The van der Waals surface area contributed by atoms with Crippen LogP contribution in [-0.2, 0) is 22.6 Å². The molecule has 0 aliphatic carbocycles. The molecule has 0 N–H and O–H groups in total. The first-order valence-electron chi connectivity index (χ1n) is 11.2. The van der Waals surface area contributed by atoms with Crippen LogP contribution in [0.25, 0.3) is 10.8 Å². The number of rotatable bonds is 11. The van der Waals surface area contributed by atoms with Gasteiger partial charge in [-0.2, -0.15) is 5.10 Å². The zero-order chi connectivity index (χ0) is 24.0. The predicted molar refractivity (Wildman–Crippen MR) is 126 cm³/mol. The lowest BCUT2D eigenvalue weighted by atomic mass is 10.1. The molecule has 1 aromatic carbocycles. The van der Waals surface area contributed by atoms with Gasteiger partial charge in [0, 0.05) is 42.5 Å². The number of hydrogen-bond acceptors (Lipinski definition) is 6. The van der Waals surface area contributed by atoms with Gasteiger partial charge in [-0.05, 0) is 32.4 Å². The molecular weight excluding hydrogens is 422 g/mol. The Morgan fingerprint density at radius 1 is 1.06 bits per heavy atom. The molecule has 0 fully saturated rings. The first-order valence-corrected chi connectivity index (χ1v) is 11.2. The average Bonchev–Trinajstić information content (AvgIpc) is 3.10. The van der Waals surface area contributed by atoms with Crippen molar-refractivity contribution in [3.05, 3.63) is 63.3 Å². The van der Waals surface area contributed by atoms with Crippen molar-refractivity contribution in [1.82, 2.24) is 14.3 Å². The summed E-state index contributed by atoms with van der Waals surface area (Å²) >= 11 is 0. The van der Waals surface area contributed by atoms with Gasteiger partial charge < -0.3 is 14.0 Å². The molecule has 2 aromatic heterocycles. The van der Waals surface area contributed by atoms with Crippen LogP contribution in [0, 0.1) is 13.8 Å². The summed E-state index contributed by atoms with van der Waals surface area (Å²) in [5, 5.41) is 5.12. The molecule has 0 aliphatic rings. The molecule has 0 bridgehead atoms. The number of Topliss-reactive ketones (excluding diaryl/α,β-unsaturated/α-hetero) is 1. The molecule has 0 saturated carbocycles. The molecule has 8 nitrogen and oxygen atoms in total. The summed E-state index contributed by atoms with van der Waals surface area (Å²) < 4.78 is 13.8. The molecule has 176 valence electrons. The number of aromatic nitrogens is 3. The van der Waals surface area contributed by atoms with Gasteiger partial charge in [-0.1, -0.05) is 38.0 Å². The van der Waals surface area contributed by atoms with Crippen molar-refractivity contribution in [2.24, 2.45) is 0 Å². The minimum atomic E-state index is -0.725. The third-order valence-corrected chi connectivity index (χ3v) is 5.76. The summed E-state index contributed by atoms with van der Waals surface area (Å²) in [7, 11) is 1.63. The summed E-state index contributed by atoms with van der Waals surface area (Å²) in [5.74, 6) is -1.02. The van der Waals surface area contributed by atoms with Crippen molar-refractivity contribution in [2.45, 2.75) is 53.1 Å². The normalized spacial score (nSPS) is 11.2. The number of esters is 1. The van der Waals surface area contributed by atoms with Gasteiger partial charge in [-0.25, -0.2) is 9.48 Å². The van der Waals surface area contributed by atoms with E-state index in [1.165, 1.54) is 4.68 Å². The molecule has 0 spiro atoms. The maximum absolute atomic E-state index is 12.9. The van der Waals surface area contributed by atoms with E-state index in [1.54, 1.807) is 37.4 Å². The minimum Gasteiger partial charge on any atom is -0.452 e. The van der Waals surface area contributed by atoms with Crippen LogP contribution in [-0.4, -0.2) is 46.4 Å². The fraction of sp³-hybridized carbons (Fsp3) is 0.440. The highest BCUT2D eigenvalue weighted by Gasteiger charge is 2.21. The van der Waals surface area contributed by atoms with Gasteiger partial charge in [-0.3, -0.25) is 9.59 Å². The lowest BCUT2D eigenvalue weighted by molar-refractivity contribution is 0.0468. The Morgan fingerprint density at radius 2 is 1.79 bits per heavy atom. The van der Waals surface area contributed by atoms with Gasteiger partial charge in [0.2, 0.25) is 5.78 Å². The zero-order valence-corrected chi connectivity index (χ0v) is 19.7. The van der Waals surface area contributed by atoms with Crippen molar-refractivity contribution in [2.75, 3.05) is 20.3 Å². The Hall–Kier alpha value is -3.26. The monoisotopic (exact) mass is 453 g/mol. The largest absolute Gasteiger partial charge is 0.452 e. The molecule has 0 saturated heterocycles. The average molecular weight is 454 g/mol. The molecule has 0 aliphatic heterocycles. The Labute approximate surface area is 193 Å². The summed E-state index contributed by atoms with van der Waals surface area (Å²) in [5.41, 5.74) is 2.06. The first-order chi connectivity index (χ1) is 15.9. The Morgan fingerprint density at radius 3 is 2.48 bits per heavy atom. The molecule has 2 heterocycles. The summed E-state index contributed by atoms with van der Waals surface area (Å²) in [6.45, 7) is 7.04. The lowest BCUT2D eigenvalue weighted by Crippen LogP contribution is -2.27. The van der Waals surface area contributed by atoms with Crippen LogP contribution >= 0.6 is 0 Å². The van der Waals surface area contributed by atoms with Gasteiger partial charge in [0.1, 0.15) is 0 Å². The highest BCUT2D eigenvalue weighted by Crippen LogP contribution is 2.18. The zero-order valence-electron chi connectivity index (χ0n) is 19.7. The van der Waals surface area contributed by atoms with Gasteiger partial charge in [-0.15, -0.1) is 0 Å². The van der Waals surface area contributed by atoms with E-state index in [4.69, 9.17) is 9.47 Å². The Bertz CT molecular complexity index is 1210. The van der Waals surface area contributed by atoms with Crippen LogP contribution in [0.3, 0.4) is 0 Å². The van der Waals surface area contributed by atoms with Crippen LogP contribution < -0.4 is 5.56 Å². The third-order valence-electron chi connectivity index (χ3n) is 5.76. The smallest absolute Gasteiger partial charge is 0.359 e. The fourth-order valence-corrected chi connectivity index (χ4v) is 3.94. The molecule has 0 atom stereocenters. The Kier molecular flexibility index (Phi) is 8.16. The number of fused-ring (bicyclic) bond motifs is 1. The standard InChI is InChI=1S/C25H31N3O5/c1-5-6-9-12-28-24(30)20-11-8-7-10-19(20)23(26-28)25(31)33-16-22(29)21-15-17(2)27(18(21)3)13-14-32-4/h7-8,10-11,15H,5-6,9,12-14,16H2,1-4H3. The number of carbonyl (C=O) groups is 2. The molecule has 8 heteroatoms. The number of unbranched alkanes of at least 4 members (excludes halogenated alkanes) is 2. The minimum absolute atomic E-state index is 0.0417. The van der Waals surface area contributed by atoms with E-state index in [0.29, 0.717) is 36.0 Å². The number of methoxy groups -OCH3 is 1. The van der Waals surface area contributed by atoms with Gasteiger partial charge in [0.15, 0.2) is 12.3 Å². The quantitative estimate of drug-likeness (QED) is 0.250. The summed E-state index contributed by atoms with van der Waals surface area (Å²) in [4.78, 5) is 38.5. The molecule has 3 rings (SSSR count). The van der Waals surface area contributed by atoms with Crippen molar-refractivity contribution >= 4 is 22.5 Å². The molecular formula is C25H31N3O5. The van der Waals surface area contributed by atoms with Crippen molar-refractivity contribution in [3.63, 3.8) is 0 Å². The van der Waals surface area contributed by atoms with Gasteiger partial charge in [0.05, 0.1) is 12.0 Å². The molecule has 0 amide bonds. The van der Waals surface area contributed by atoms with Gasteiger partial charge in [0.25, 0.3) is 5.56 Å². The number of benzene rings is 1. The maximum Gasteiger partial charge on any atom is 0.359 e. The lowest BCUT2D eigenvalue weighted by Gasteiger charge is -2.11. The number of nitrogens with zero attached hydrogens (tertiary/aromatic N) is 3. The topological polar surface area (TPSA) is 92.4 Å². The van der Waals surface area contributed by atoms with Crippen molar-refractivity contribution in [3.8, 4) is 0 Å². The highest BCUT2D eigenvalue weighted by atomic mass is 16.5. The van der Waals surface area contributed by atoms with Crippen LogP contribution in [0.15, 0.2) is 35.1 Å². The van der Waals surface area contributed by atoms with E-state index in [-0.39, 0.29) is 17.0 Å². The molecule has 3 aromatic rings. The third kappa shape index (κ3) is 5.39. The number of ether oxygens (including phenoxy) is 2. The first kappa shape index (κ1) is 24.4. The SMILES string of the molecule is CCCCCn1nc(C(=O)OCC(=O)c2cc(C)n(CCOC)c2C)c2ccccc2c1=O. The second-order valence-corrected chi connectivity index (χ2v) is 8.06. The summed E-state index contributed by atoms with van der Waals surface area (Å²) in [6.07, 6.45) is 2.75. The van der Waals surface area contributed by atoms with Crippen LogP contribution in [0.2, 0.25) is 0 Å². The highest BCUT2D eigenvalue weighted by molar-refractivity contribution is 6.04. The number of aryl methyl sites for hydroxylation is 2. The molecule has 33 heavy (non-hydrogen) atoms. The number of carbonyl (C=O) groups excluding carboxylic acids is 2. The number of ketones is 1. The van der Waals surface area contributed by atoms with E-state index in [9.17, 15) is 14.4 Å². The van der Waals surface area contributed by atoms with E-state index in [2.05, 4.69) is 12.0 Å². The maximum atomic E-state index is 12.9. The van der Waals surface area contributed by atoms with E-state index in [1.807, 2.05) is 18.4 Å². The van der Waals surface area contributed by atoms with Crippen LogP contribution in [0.1, 0.15) is 58.4 Å². The predicted octanol–water partition coefficient (Wildman–Crippen LogP) is 3.69. The van der Waals surface area contributed by atoms with E-state index in [0.717, 1.165) is 30.7 Å². The van der Waals surface area contributed by atoms with Crippen LogP contribution in [0.5, 0.6) is 0 Å². The Balaban J connectivity index is 1.82. The second kappa shape index (κ2) is 11.0. The van der Waals surface area contributed by atoms with Gasteiger partial charge >= 0.3 is 5.97 Å². The van der Waals surface area contributed by atoms with E-state index >= 15 is 0 Å².